The van der Waals surface area contributed by atoms with Gasteiger partial charge >= 0.3 is 0 Å². The fourth-order valence-corrected chi connectivity index (χ4v) is 3.97. The van der Waals surface area contributed by atoms with E-state index < -0.39 is 0 Å². The summed E-state index contributed by atoms with van der Waals surface area (Å²) in [5, 5.41) is 15.0. The maximum Gasteiger partial charge on any atom is 0.256 e. The van der Waals surface area contributed by atoms with Crippen LogP contribution in [0.5, 0.6) is 0 Å². The number of hydrazone groups is 1. The zero-order valence-electron chi connectivity index (χ0n) is 15.3. The molecule has 7 nitrogen and oxygen atoms in total. The lowest BCUT2D eigenvalue weighted by Crippen LogP contribution is -2.33. The van der Waals surface area contributed by atoms with E-state index in [2.05, 4.69) is 15.3 Å². The first-order valence-corrected chi connectivity index (χ1v) is 9.99. The highest BCUT2D eigenvalue weighted by atomic mass is 35.5. The minimum atomic E-state index is -0.381. The molecular formula is C19H18ClN5O2S. The Morgan fingerprint density at radius 2 is 2.11 bits per heavy atom. The summed E-state index contributed by atoms with van der Waals surface area (Å²) in [5.74, 6) is 0.593. The van der Waals surface area contributed by atoms with Crippen molar-refractivity contribution in [3.05, 3.63) is 65.3 Å². The minimum Gasteiger partial charge on any atom is -0.467 e. The molecule has 0 aliphatic carbocycles. The summed E-state index contributed by atoms with van der Waals surface area (Å²) in [6.07, 6.45) is 3.79. The van der Waals surface area contributed by atoms with E-state index in [-0.39, 0.29) is 17.2 Å². The second-order valence-corrected chi connectivity index (χ2v) is 8.20. The summed E-state index contributed by atoms with van der Waals surface area (Å²) in [6, 6.07) is 10.9. The Hall–Kier alpha value is -2.58. The lowest BCUT2D eigenvalue weighted by Gasteiger charge is -2.22. The van der Waals surface area contributed by atoms with Gasteiger partial charge in [0.1, 0.15) is 18.1 Å². The Labute approximate surface area is 171 Å². The number of carbonyl (C=O) groups excluding carboxylic acids is 1. The number of furan rings is 1. The summed E-state index contributed by atoms with van der Waals surface area (Å²) in [4.78, 5) is 13.2. The summed E-state index contributed by atoms with van der Waals surface area (Å²) in [6.45, 7) is 1.84. The van der Waals surface area contributed by atoms with Crippen LogP contribution in [0.3, 0.4) is 0 Å². The van der Waals surface area contributed by atoms with Crippen LogP contribution in [0, 0.1) is 0 Å². The third-order valence-corrected chi connectivity index (χ3v) is 5.87. The molecule has 2 atom stereocenters. The number of rotatable bonds is 5. The molecule has 0 bridgehead atoms. The van der Waals surface area contributed by atoms with Crippen LogP contribution >= 0.6 is 23.4 Å². The number of amides is 1. The summed E-state index contributed by atoms with van der Waals surface area (Å²) in [5.41, 5.74) is 1.76. The van der Waals surface area contributed by atoms with Crippen molar-refractivity contribution in [2.24, 2.45) is 12.1 Å². The minimum absolute atomic E-state index is 0.113. The van der Waals surface area contributed by atoms with E-state index in [9.17, 15) is 4.79 Å². The SMILES string of the molecule is C[C@@H](Sc1nncn1C)C(=O)N1N=C(c2ccc(Cl)cc2)C[C@@H]1c1ccco1. The smallest absolute Gasteiger partial charge is 0.256 e. The molecule has 1 aliphatic heterocycles. The topological polar surface area (TPSA) is 76.5 Å². The second-order valence-electron chi connectivity index (χ2n) is 6.46. The summed E-state index contributed by atoms with van der Waals surface area (Å²) >= 11 is 7.35. The van der Waals surface area contributed by atoms with Crippen molar-refractivity contribution in [3.8, 4) is 0 Å². The van der Waals surface area contributed by atoms with Gasteiger partial charge in [0, 0.05) is 18.5 Å². The molecule has 1 amide bonds. The fourth-order valence-electron chi connectivity index (χ4n) is 3.01. The third kappa shape index (κ3) is 3.70. The molecular weight excluding hydrogens is 398 g/mol. The monoisotopic (exact) mass is 415 g/mol. The Morgan fingerprint density at radius 1 is 1.32 bits per heavy atom. The van der Waals surface area contributed by atoms with Crippen LogP contribution in [-0.2, 0) is 11.8 Å². The van der Waals surface area contributed by atoms with Crippen molar-refractivity contribution in [2.75, 3.05) is 0 Å². The van der Waals surface area contributed by atoms with Crippen LogP contribution in [0.2, 0.25) is 5.02 Å². The van der Waals surface area contributed by atoms with E-state index in [1.54, 1.807) is 17.2 Å². The molecule has 3 heterocycles. The number of aryl methyl sites for hydroxylation is 1. The van der Waals surface area contributed by atoms with Crippen molar-refractivity contribution < 1.29 is 9.21 Å². The molecule has 9 heteroatoms. The van der Waals surface area contributed by atoms with E-state index in [0.29, 0.717) is 22.4 Å². The van der Waals surface area contributed by atoms with E-state index >= 15 is 0 Å². The van der Waals surface area contributed by atoms with Crippen molar-refractivity contribution >= 4 is 35.0 Å². The summed E-state index contributed by atoms with van der Waals surface area (Å²) in [7, 11) is 1.85. The molecule has 0 radical (unpaired) electrons. The molecule has 4 rings (SSSR count). The third-order valence-electron chi connectivity index (χ3n) is 4.49. The van der Waals surface area contributed by atoms with Gasteiger partial charge in [-0.05, 0) is 36.8 Å². The average Bonchev–Trinajstić information content (AvgIpc) is 3.43. The lowest BCUT2D eigenvalue weighted by atomic mass is 10.0. The highest BCUT2D eigenvalue weighted by Crippen LogP contribution is 2.35. The average molecular weight is 416 g/mol. The first-order valence-electron chi connectivity index (χ1n) is 8.73. The highest BCUT2D eigenvalue weighted by molar-refractivity contribution is 8.00. The van der Waals surface area contributed by atoms with Gasteiger partial charge in [0.2, 0.25) is 0 Å². The summed E-state index contributed by atoms with van der Waals surface area (Å²) < 4.78 is 7.37. The van der Waals surface area contributed by atoms with Crippen molar-refractivity contribution in [1.29, 1.82) is 0 Å². The quantitative estimate of drug-likeness (QED) is 0.590. The predicted molar refractivity (Wildman–Crippen MR) is 107 cm³/mol. The molecule has 0 spiro atoms. The maximum atomic E-state index is 13.2. The number of halogens is 1. The molecule has 0 N–H and O–H groups in total. The van der Waals surface area contributed by atoms with Gasteiger partial charge in [-0.25, -0.2) is 5.01 Å². The van der Waals surface area contributed by atoms with Crippen molar-refractivity contribution in [1.82, 2.24) is 19.8 Å². The van der Waals surface area contributed by atoms with Gasteiger partial charge < -0.3 is 8.98 Å². The Morgan fingerprint density at radius 3 is 2.75 bits per heavy atom. The molecule has 0 fully saturated rings. The zero-order chi connectivity index (χ0) is 19.7. The fraction of sp³-hybridized carbons (Fsp3) is 0.263. The molecule has 144 valence electrons. The first-order chi connectivity index (χ1) is 13.5. The molecule has 0 unspecified atom stereocenters. The van der Waals surface area contributed by atoms with Gasteiger partial charge in [-0.3, -0.25) is 4.79 Å². The number of hydrogen-bond donors (Lipinski definition) is 0. The maximum absolute atomic E-state index is 13.2. The highest BCUT2D eigenvalue weighted by Gasteiger charge is 2.37. The number of aromatic nitrogens is 3. The van der Waals surface area contributed by atoms with E-state index in [1.807, 2.05) is 50.4 Å². The number of thioether (sulfide) groups is 1. The normalized spacial score (nSPS) is 17.6. The Bertz CT molecular complexity index is 1000. The Kier molecular flexibility index (Phi) is 5.23. The molecule has 0 saturated heterocycles. The Balaban J connectivity index is 1.61. The molecule has 3 aromatic rings. The first kappa shape index (κ1) is 18.8. The second kappa shape index (κ2) is 7.81. The van der Waals surface area contributed by atoms with Crippen LogP contribution in [0.25, 0.3) is 0 Å². The molecule has 1 aliphatic rings. The number of nitrogens with zero attached hydrogens (tertiary/aromatic N) is 5. The van der Waals surface area contributed by atoms with Gasteiger partial charge in [-0.15, -0.1) is 10.2 Å². The standard InChI is InChI=1S/C19H18ClN5O2S/c1-12(28-19-22-21-11-24(19)2)18(26)25-16(17-4-3-9-27-17)10-15(23-25)13-5-7-14(20)8-6-13/h3-9,11-12,16H,10H2,1-2H3/t12-,16-/m1/s1. The largest absolute Gasteiger partial charge is 0.467 e. The van der Waals surface area contributed by atoms with Crippen LogP contribution in [-0.4, -0.2) is 36.6 Å². The van der Waals surface area contributed by atoms with E-state index in [4.69, 9.17) is 16.0 Å². The molecule has 0 saturated carbocycles. The predicted octanol–water partition coefficient (Wildman–Crippen LogP) is 3.92. The van der Waals surface area contributed by atoms with Gasteiger partial charge in [0.15, 0.2) is 5.16 Å². The van der Waals surface area contributed by atoms with Crippen LogP contribution in [0.15, 0.2) is 63.7 Å². The van der Waals surface area contributed by atoms with E-state index in [1.165, 1.54) is 16.8 Å². The number of benzene rings is 1. The molecule has 1 aromatic carbocycles. The molecule has 28 heavy (non-hydrogen) atoms. The van der Waals surface area contributed by atoms with Gasteiger partial charge in [-0.1, -0.05) is 35.5 Å². The lowest BCUT2D eigenvalue weighted by molar-refractivity contribution is -0.132. The van der Waals surface area contributed by atoms with Gasteiger partial charge in [0.25, 0.3) is 5.91 Å². The van der Waals surface area contributed by atoms with Crippen molar-refractivity contribution in [2.45, 2.75) is 29.8 Å². The number of carbonyl (C=O) groups is 1. The van der Waals surface area contributed by atoms with Crippen molar-refractivity contribution in [3.63, 3.8) is 0 Å². The van der Waals surface area contributed by atoms with E-state index in [0.717, 1.165) is 11.3 Å². The zero-order valence-corrected chi connectivity index (χ0v) is 16.9. The molecule has 2 aromatic heterocycles. The number of hydrogen-bond acceptors (Lipinski definition) is 6. The van der Waals surface area contributed by atoms with Crippen LogP contribution in [0.4, 0.5) is 0 Å². The van der Waals surface area contributed by atoms with Gasteiger partial charge in [0.05, 0.1) is 17.2 Å². The van der Waals surface area contributed by atoms with Crippen LogP contribution in [0.1, 0.15) is 30.7 Å². The van der Waals surface area contributed by atoms with Crippen LogP contribution < -0.4 is 0 Å². The van der Waals surface area contributed by atoms with Gasteiger partial charge in [-0.2, -0.15) is 5.10 Å².